The standard InChI is InChI=1S/C10H17ClN8O.C2HF3O2/c1-2-4(17-10(14)15)3-16-9(20)5-7(12)19-8(13)6(11)18-5;3-2(4,5)1(6)7/h4H,2-3H2,1H3,(H,16,20)(H4,12,13,19)(H4,14,15,17);(H,6,7)/t4-;/m1./s1. The van der Waals surface area contributed by atoms with E-state index in [1.165, 1.54) is 0 Å². The minimum atomic E-state index is -5.08. The third-order valence-electron chi connectivity index (χ3n) is 2.66. The Bertz CT molecular complexity index is 710. The molecule has 27 heavy (non-hydrogen) atoms. The Morgan fingerprint density at radius 1 is 1.26 bits per heavy atom. The normalized spacial score (nSPS) is 11.6. The van der Waals surface area contributed by atoms with Crippen molar-refractivity contribution in [2.75, 3.05) is 18.0 Å². The van der Waals surface area contributed by atoms with Gasteiger partial charge in [-0.1, -0.05) is 18.5 Å². The van der Waals surface area contributed by atoms with Crippen molar-refractivity contribution in [3.05, 3.63) is 10.8 Å². The Morgan fingerprint density at radius 2 is 1.78 bits per heavy atom. The van der Waals surface area contributed by atoms with Crippen molar-refractivity contribution in [2.45, 2.75) is 25.6 Å². The molecule has 0 spiro atoms. The molecule has 0 unspecified atom stereocenters. The van der Waals surface area contributed by atoms with Crippen LogP contribution in [0.1, 0.15) is 23.8 Å². The fourth-order valence-electron chi connectivity index (χ4n) is 1.39. The molecule has 1 rings (SSSR count). The Balaban J connectivity index is 0.000000821. The van der Waals surface area contributed by atoms with Crippen molar-refractivity contribution < 1.29 is 27.9 Å². The molecule has 1 heterocycles. The Hall–Kier alpha value is -3.03. The van der Waals surface area contributed by atoms with Crippen molar-refractivity contribution >= 4 is 41.1 Å². The Kier molecular flexibility index (Phi) is 9.05. The predicted octanol–water partition coefficient (Wildman–Crippen LogP) is -0.290. The van der Waals surface area contributed by atoms with Crippen LogP contribution in [-0.4, -0.2) is 51.7 Å². The number of halogens is 4. The van der Waals surface area contributed by atoms with Gasteiger partial charge in [-0.15, -0.1) is 0 Å². The van der Waals surface area contributed by atoms with Gasteiger partial charge in [0.1, 0.15) is 0 Å². The maximum absolute atomic E-state index is 11.9. The highest BCUT2D eigenvalue weighted by Crippen LogP contribution is 2.17. The molecule has 10 N–H and O–H groups in total. The minimum absolute atomic E-state index is 0.0346. The summed E-state index contributed by atoms with van der Waals surface area (Å²) in [5, 5.41) is 9.65. The number of nitrogen functional groups attached to an aromatic ring is 2. The quantitative estimate of drug-likeness (QED) is 0.275. The van der Waals surface area contributed by atoms with Gasteiger partial charge < -0.3 is 33.4 Å². The molecule has 1 atom stereocenters. The van der Waals surface area contributed by atoms with Gasteiger partial charge in [0, 0.05) is 6.54 Å². The maximum Gasteiger partial charge on any atom is 0.490 e. The fourth-order valence-corrected chi connectivity index (χ4v) is 1.52. The van der Waals surface area contributed by atoms with Gasteiger partial charge >= 0.3 is 12.1 Å². The average Bonchev–Trinajstić information content (AvgIpc) is 2.53. The molecule has 0 saturated carbocycles. The Morgan fingerprint density at radius 3 is 2.19 bits per heavy atom. The Labute approximate surface area is 156 Å². The largest absolute Gasteiger partial charge is 0.490 e. The number of carbonyl (C=O) groups is 2. The van der Waals surface area contributed by atoms with E-state index >= 15 is 0 Å². The minimum Gasteiger partial charge on any atom is -0.475 e. The lowest BCUT2D eigenvalue weighted by atomic mass is 10.2. The fraction of sp³-hybridized carbons (Fsp3) is 0.417. The summed E-state index contributed by atoms with van der Waals surface area (Å²) in [7, 11) is 0. The molecule has 15 heteroatoms. The first-order valence-electron chi connectivity index (χ1n) is 7.05. The number of carboxylic acids is 1. The van der Waals surface area contributed by atoms with Gasteiger partial charge in [0.25, 0.3) is 5.91 Å². The second kappa shape index (κ2) is 10.2. The number of hydrogen-bond donors (Lipinski definition) is 6. The highest BCUT2D eigenvalue weighted by Gasteiger charge is 2.38. The van der Waals surface area contributed by atoms with E-state index in [1.807, 2.05) is 6.92 Å². The van der Waals surface area contributed by atoms with Gasteiger partial charge in [-0.2, -0.15) is 13.2 Å². The van der Waals surface area contributed by atoms with E-state index in [-0.39, 0.29) is 41.0 Å². The molecule has 0 radical (unpaired) electrons. The molecule has 0 aliphatic rings. The van der Waals surface area contributed by atoms with Crippen molar-refractivity contribution in [2.24, 2.45) is 16.5 Å². The molecular weight excluding hydrogens is 397 g/mol. The van der Waals surface area contributed by atoms with E-state index in [0.717, 1.165) is 0 Å². The summed E-state index contributed by atoms with van der Waals surface area (Å²) < 4.78 is 31.7. The zero-order valence-electron chi connectivity index (χ0n) is 13.9. The number of carboxylic acid groups (broad SMARTS) is 1. The summed E-state index contributed by atoms with van der Waals surface area (Å²) in [6, 6.07) is -0.234. The number of amides is 1. The first-order chi connectivity index (χ1) is 12.3. The van der Waals surface area contributed by atoms with E-state index < -0.39 is 18.1 Å². The molecule has 0 aliphatic heterocycles. The van der Waals surface area contributed by atoms with Crippen LogP contribution in [0.3, 0.4) is 0 Å². The number of nitrogens with two attached hydrogens (primary N) is 4. The molecular formula is C12H18ClF3N8O3. The van der Waals surface area contributed by atoms with Crippen LogP contribution in [-0.2, 0) is 4.79 Å². The summed E-state index contributed by atoms with van der Waals surface area (Å²) in [6.07, 6.45) is -4.43. The highest BCUT2D eigenvalue weighted by atomic mass is 35.5. The molecule has 0 saturated heterocycles. The molecule has 152 valence electrons. The number of nitrogens with one attached hydrogen (secondary N) is 1. The van der Waals surface area contributed by atoms with Gasteiger partial charge in [-0.05, 0) is 6.42 Å². The maximum atomic E-state index is 11.9. The molecule has 0 fully saturated rings. The summed E-state index contributed by atoms with van der Waals surface area (Å²) >= 11 is 5.70. The van der Waals surface area contributed by atoms with Gasteiger partial charge in [-0.3, -0.25) is 4.79 Å². The van der Waals surface area contributed by atoms with E-state index in [2.05, 4.69) is 20.3 Å². The van der Waals surface area contributed by atoms with Crippen molar-refractivity contribution in [3.63, 3.8) is 0 Å². The molecule has 1 aromatic rings. The van der Waals surface area contributed by atoms with Gasteiger partial charge in [0.2, 0.25) is 0 Å². The molecule has 0 aliphatic carbocycles. The van der Waals surface area contributed by atoms with Gasteiger partial charge in [-0.25, -0.2) is 19.8 Å². The van der Waals surface area contributed by atoms with Crippen LogP contribution < -0.4 is 28.3 Å². The molecule has 11 nitrogen and oxygen atoms in total. The number of aromatic nitrogens is 2. The lowest BCUT2D eigenvalue weighted by Gasteiger charge is -2.12. The van der Waals surface area contributed by atoms with E-state index in [9.17, 15) is 18.0 Å². The van der Waals surface area contributed by atoms with E-state index in [4.69, 9.17) is 44.4 Å². The number of alkyl halides is 3. The average molecular weight is 415 g/mol. The molecule has 1 aromatic heterocycles. The lowest BCUT2D eigenvalue weighted by Crippen LogP contribution is -2.34. The lowest BCUT2D eigenvalue weighted by molar-refractivity contribution is -0.192. The molecule has 1 amide bonds. The topological polar surface area (TPSA) is 209 Å². The number of nitrogens with zero attached hydrogens (tertiary/aromatic N) is 3. The number of guanidine groups is 1. The van der Waals surface area contributed by atoms with Crippen molar-refractivity contribution in [1.29, 1.82) is 0 Å². The molecule has 0 bridgehead atoms. The zero-order valence-corrected chi connectivity index (χ0v) is 14.7. The van der Waals surface area contributed by atoms with Crippen LogP contribution in [0.2, 0.25) is 5.15 Å². The first-order valence-corrected chi connectivity index (χ1v) is 7.42. The monoisotopic (exact) mass is 414 g/mol. The summed E-state index contributed by atoms with van der Waals surface area (Å²) in [6.45, 7) is 2.12. The number of carbonyl (C=O) groups excluding carboxylic acids is 1. The SMILES string of the molecule is CC[C@H](CNC(=O)c1nc(Cl)c(N)nc1N)N=C(N)N.O=C(O)C(F)(F)F. The number of aliphatic imine (C=N–C) groups is 1. The summed E-state index contributed by atoms with van der Waals surface area (Å²) in [5.74, 6) is -3.46. The van der Waals surface area contributed by atoms with Crippen LogP contribution in [0.15, 0.2) is 4.99 Å². The second-order valence-electron chi connectivity index (χ2n) is 4.76. The number of anilines is 2. The van der Waals surface area contributed by atoms with Gasteiger partial charge in [0.05, 0.1) is 6.04 Å². The van der Waals surface area contributed by atoms with Crippen LogP contribution in [0.4, 0.5) is 24.8 Å². The predicted molar refractivity (Wildman–Crippen MR) is 91.8 cm³/mol. The van der Waals surface area contributed by atoms with Crippen molar-refractivity contribution in [3.8, 4) is 0 Å². The van der Waals surface area contributed by atoms with E-state index in [0.29, 0.717) is 6.42 Å². The van der Waals surface area contributed by atoms with Gasteiger partial charge in [0.15, 0.2) is 28.4 Å². The highest BCUT2D eigenvalue weighted by molar-refractivity contribution is 6.31. The van der Waals surface area contributed by atoms with Crippen molar-refractivity contribution in [1.82, 2.24) is 15.3 Å². The zero-order chi connectivity index (χ0) is 21.4. The second-order valence-corrected chi connectivity index (χ2v) is 5.12. The molecule has 0 aromatic carbocycles. The smallest absolute Gasteiger partial charge is 0.475 e. The number of hydrogen-bond acceptors (Lipinski definition) is 7. The third kappa shape index (κ3) is 8.75. The summed E-state index contributed by atoms with van der Waals surface area (Å²) in [4.78, 5) is 32.3. The first kappa shape index (κ1) is 24.0. The third-order valence-corrected chi connectivity index (χ3v) is 2.94. The summed E-state index contributed by atoms with van der Waals surface area (Å²) in [5.41, 5.74) is 21.5. The van der Waals surface area contributed by atoms with Crippen LogP contribution in [0.25, 0.3) is 0 Å². The van der Waals surface area contributed by atoms with Crippen LogP contribution >= 0.6 is 11.6 Å². The van der Waals surface area contributed by atoms with E-state index in [1.54, 1.807) is 0 Å². The van der Waals surface area contributed by atoms with Crippen LogP contribution in [0.5, 0.6) is 0 Å². The van der Waals surface area contributed by atoms with Crippen LogP contribution in [0, 0.1) is 0 Å². The number of rotatable bonds is 5. The number of aliphatic carboxylic acids is 1.